The Morgan fingerprint density at radius 3 is 2.18 bits per heavy atom. The molecule has 3 aromatic carbocycles. The van der Waals surface area contributed by atoms with E-state index in [1.807, 2.05) is 84.9 Å². The van der Waals surface area contributed by atoms with Crippen LogP contribution in [0.4, 0.5) is 5.82 Å². The first-order valence-corrected chi connectivity index (χ1v) is 9.09. The highest BCUT2D eigenvalue weighted by Crippen LogP contribution is 2.29. The van der Waals surface area contributed by atoms with Gasteiger partial charge in [0.1, 0.15) is 11.6 Å². The Balaban J connectivity index is 1.79. The molecule has 0 amide bonds. The molecule has 1 heterocycles. The van der Waals surface area contributed by atoms with Crippen LogP contribution in [0, 0.1) is 0 Å². The molecule has 0 aliphatic carbocycles. The van der Waals surface area contributed by atoms with Gasteiger partial charge in [0.25, 0.3) is 0 Å². The van der Waals surface area contributed by atoms with Gasteiger partial charge in [-0.2, -0.15) is 0 Å². The van der Waals surface area contributed by atoms with Crippen LogP contribution < -0.4 is 15.7 Å². The van der Waals surface area contributed by atoms with Crippen LogP contribution in [0.1, 0.15) is 5.56 Å². The lowest BCUT2D eigenvalue weighted by Gasteiger charge is -2.12. The molecule has 5 heteroatoms. The minimum absolute atomic E-state index is 0.195. The number of nitrogens with zero attached hydrogens (tertiary/aromatic N) is 1. The van der Waals surface area contributed by atoms with E-state index in [0.29, 0.717) is 12.4 Å². The topological polar surface area (TPSA) is 59.0 Å². The number of rotatable bonds is 6. The van der Waals surface area contributed by atoms with E-state index in [0.717, 1.165) is 28.3 Å². The number of nitrogens with one attached hydrogen (secondary N) is 2. The van der Waals surface area contributed by atoms with E-state index >= 15 is 0 Å². The van der Waals surface area contributed by atoms with Gasteiger partial charge in [-0.25, -0.2) is 4.79 Å². The summed E-state index contributed by atoms with van der Waals surface area (Å²) in [5.74, 6) is 1.44. The van der Waals surface area contributed by atoms with Crippen molar-refractivity contribution in [2.45, 2.75) is 6.54 Å². The second-order valence-corrected chi connectivity index (χ2v) is 6.39. The molecule has 0 saturated heterocycles. The zero-order valence-corrected chi connectivity index (χ0v) is 15.6. The van der Waals surface area contributed by atoms with E-state index in [4.69, 9.17) is 4.74 Å². The molecule has 1 aromatic heterocycles. The monoisotopic (exact) mass is 371 g/mol. The van der Waals surface area contributed by atoms with Gasteiger partial charge in [-0.05, 0) is 29.8 Å². The van der Waals surface area contributed by atoms with Gasteiger partial charge in [-0.3, -0.25) is 9.55 Å². The predicted molar refractivity (Wildman–Crippen MR) is 112 cm³/mol. The highest BCUT2D eigenvalue weighted by Gasteiger charge is 2.17. The summed E-state index contributed by atoms with van der Waals surface area (Å²) in [6.07, 6.45) is 0. The van der Waals surface area contributed by atoms with Gasteiger partial charge in [0.15, 0.2) is 0 Å². The smallest absolute Gasteiger partial charge is 0.332 e. The zero-order valence-electron chi connectivity index (χ0n) is 15.6. The second kappa shape index (κ2) is 7.88. The fourth-order valence-electron chi connectivity index (χ4n) is 3.20. The van der Waals surface area contributed by atoms with Gasteiger partial charge < -0.3 is 10.1 Å². The number of H-pyrrole nitrogens is 1. The number of benzene rings is 3. The molecular weight excluding hydrogens is 350 g/mol. The molecule has 0 unspecified atom stereocenters. The van der Waals surface area contributed by atoms with E-state index in [1.165, 1.54) is 0 Å². The number of aromatic nitrogens is 2. The van der Waals surface area contributed by atoms with Crippen LogP contribution in [0.2, 0.25) is 0 Å². The Hall–Kier alpha value is -3.73. The summed E-state index contributed by atoms with van der Waals surface area (Å²) in [4.78, 5) is 15.8. The van der Waals surface area contributed by atoms with Crippen LogP contribution >= 0.6 is 0 Å². The molecule has 0 atom stereocenters. The molecular formula is C23H21N3O2. The maximum atomic E-state index is 12.8. The van der Waals surface area contributed by atoms with Gasteiger partial charge in [-0.15, -0.1) is 0 Å². The molecule has 0 spiro atoms. The number of methoxy groups -OCH3 is 1. The van der Waals surface area contributed by atoms with Crippen molar-refractivity contribution in [1.29, 1.82) is 0 Å². The Morgan fingerprint density at radius 1 is 0.893 bits per heavy atom. The maximum Gasteiger partial charge on any atom is 0.332 e. The Bertz CT molecular complexity index is 1100. The van der Waals surface area contributed by atoms with Crippen molar-refractivity contribution in [1.82, 2.24) is 9.55 Å². The van der Waals surface area contributed by atoms with E-state index in [1.54, 1.807) is 11.7 Å². The first-order chi connectivity index (χ1) is 13.8. The average molecular weight is 371 g/mol. The SMILES string of the molecule is COc1ccc(-n2c(-c3ccccc3)c(NCc3ccccc3)[nH]c2=O)cc1. The lowest BCUT2D eigenvalue weighted by molar-refractivity contribution is 0.414. The quantitative estimate of drug-likeness (QED) is 0.526. The number of aromatic amines is 1. The highest BCUT2D eigenvalue weighted by molar-refractivity contribution is 5.74. The summed E-state index contributed by atoms with van der Waals surface area (Å²) in [5, 5.41) is 3.38. The number of anilines is 1. The molecule has 0 radical (unpaired) electrons. The molecule has 5 nitrogen and oxygen atoms in total. The third-order valence-electron chi connectivity index (χ3n) is 4.59. The second-order valence-electron chi connectivity index (χ2n) is 6.39. The van der Waals surface area contributed by atoms with Crippen LogP contribution in [0.25, 0.3) is 16.9 Å². The number of ether oxygens (including phenoxy) is 1. The van der Waals surface area contributed by atoms with Crippen molar-refractivity contribution in [3.05, 3.63) is 101 Å². The summed E-state index contributed by atoms with van der Waals surface area (Å²) >= 11 is 0. The van der Waals surface area contributed by atoms with E-state index in [9.17, 15) is 4.79 Å². The van der Waals surface area contributed by atoms with E-state index < -0.39 is 0 Å². The summed E-state index contributed by atoms with van der Waals surface area (Å²) < 4.78 is 6.92. The minimum Gasteiger partial charge on any atom is -0.497 e. The molecule has 0 fully saturated rings. The van der Waals surface area contributed by atoms with Crippen molar-refractivity contribution >= 4 is 5.82 Å². The first kappa shape index (κ1) is 17.7. The lowest BCUT2D eigenvalue weighted by atomic mass is 10.1. The van der Waals surface area contributed by atoms with Crippen LogP contribution in [0.15, 0.2) is 89.7 Å². The van der Waals surface area contributed by atoms with Gasteiger partial charge in [0, 0.05) is 12.1 Å². The molecule has 28 heavy (non-hydrogen) atoms. The van der Waals surface area contributed by atoms with Crippen LogP contribution in [-0.4, -0.2) is 16.7 Å². The summed E-state index contributed by atoms with van der Waals surface area (Å²) in [6, 6.07) is 27.4. The van der Waals surface area contributed by atoms with Gasteiger partial charge in [-0.1, -0.05) is 60.7 Å². The van der Waals surface area contributed by atoms with Crippen molar-refractivity contribution in [2.24, 2.45) is 0 Å². The largest absolute Gasteiger partial charge is 0.497 e. The van der Waals surface area contributed by atoms with E-state index in [2.05, 4.69) is 10.3 Å². The fraction of sp³-hybridized carbons (Fsp3) is 0.0870. The summed E-state index contributed by atoms with van der Waals surface area (Å²) in [7, 11) is 1.62. The van der Waals surface area contributed by atoms with Crippen LogP contribution in [0.3, 0.4) is 0 Å². The third kappa shape index (κ3) is 3.55. The zero-order chi connectivity index (χ0) is 19.3. The number of imidazole rings is 1. The first-order valence-electron chi connectivity index (χ1n) is 9.09. The molecule has 0 bridgehead atoms. The standard InChI is InChI=1S/C23H21N3O2/c1-28-20-14-12-19(13-15-20)26-21(18-10-6-3-7-11-18)22(25-23(26)27)24-16-17-8-4-2-5-9-17/h2-15,24H,16H2,1H3,(H,25,27). The Kier molecular flexibility index (Phi) is 4.97. The average Bonchev–Trinajstić information content (AvgIpc) is 3.09. The van der Waals surface area contributed by atoms with E-state index in [-0.39, 0.29) is 5.69 Å². The van der Waals surface area contributed by atoms with Crippen molar-refractivity contribution in [3.8, 4) is 22.7 Å². The molecule has 2 N–H and O–H groups in total. The molecule has 4 aromatic rings. The minimum atomic E-state index is -0.195. The van der Waals surface area contributed by atoms with Crippen LogP contribution in [-0.2, 0) is 6.54 Å². The Morgan fingerprint density at radius 2 is 1.54 bits per heavy atom. The van der Waals surface area contributed by atoms with Crippen LogP contribution in [0.5, 0.6) is 5.75 Å². The molecule has 0 aliphatic heterocycles. The normalized spacial score (nSPS) is 10.6. The number of hydrogen-bond donors (Lipinski definition) is 2. The Labute approximate surface area is 163 Å². The van der Waals surface area contributed by atoms with Crippen molar-refractivity contribution in [2.75, 3.05) is 12.4 Å². The summed E-state index contributed by atoms with van der Waals surface area (Å²) in [5.41, 5.74) is 3.46. The molecule has 140 valence electrons. The lowest BCUT2D eigenvalue weighted by Crippen LogP contribution is -2.15. The van der Waals surface area contributed by atoms with Crippen molar-refractivity contribution < 1.29 is 4.74 Å². The number of hydrogen-bond acceptors (Lipinski definition) is 3. The van der Waals surface area contributed by atoms with Gasteiger partial charge >= 0.3 is 5.69 Å². The molecule has 4 rings (SSSR count). The predicted octanol–water partition coefficient (Wildman–Crippen LogP) is 4.45. The highest BCUT2D eigenvalue weighted by atomic mass is 16.5. The van der Waals surface area contributed by atoms with Crippen molar-refractivity contribution in [3.63, 3.8) is 0 Å². The molecule has 0 saturated carbocycles. The maximum absolute atomic E-state index is 12.8. The third-order valence-corrected chi connectivity index (χ3v) is 4.59. The van der Waals surface area contributed by atoms with Gasteiger partial charge in [0.05, 0.1) is 18.5 Å². The molecule has 0 aliphatic rings. The summed E-state index contributed by atoms with van der Waals surface area (Å²) in [6.45, 7) is 0.614. The van der Waals surface area contributed by atoms with Gasteiger partial charge in [0.2, 0.25) is 0 Å². The fourth-order valence-corrected chi connectivity index (χ4v) is 3.20.